The highest BCUT2D eigenvalue weighted by Crippen LogP contribution is 2.17. The van der Waals surface area contributed by atoms with Crippen molar-refractivity contribution in [2.24, 2.45) is 5.90 Å². The first-order chi connectivity index (χ1) is 7.83. The predicted octanol–water partition coefficient (Wildman–Crippen LogP) is 3.55. The maximum atomic E-state index is 5.29. The molecule has 4 heteroatoms. The van der Waals surface area contributed by atoms with Crippen molar-refractivity contribution in [1.82, 2.24) is 0 Å². The van der Waals surface area contributed by atoms with E-state index in [0.717, 1.165) is 10.2 Å². The molecule has 92 valence electrons. The third-order valence-electron chi connectivity index (χ3n) is 1.27. The van der Waals surface area contributed by atoms with Crippen LogP contribution < -0.4 is 10.6 Å². The van der Waals surface area contributed by atoms with Gasteiger partial charge in [-0.25, -0.2) is 5.90 Å². The molecule has 0 saturated heterocycles. The Hall–Kier alpha value is -0.840. The van der Waals surface area contributed by atoms with Gasteiger partial charge in [-0.05, 0) is 18.2 Å². The Morgan fingerprint density at radius 2 is 1.88 bits per heavy atom. The zero-order valence-corrected chi connectivity index (χ0v) is 11.5. The molecule has 0 aliphatic carbocycles. The molecule has 1 aromatic carbocycles. The van der Waals surface area contributed by atoms with Crippen LogP contribution in [0, 0.1) is 0 Å². The fourth-order valence-electron chi connectivity index (χ4n) is 0.764. The minimum atomic E-state index is 0.395. The van der Waals surface area contributed by atoms with Gasteiger partial charge in [0.1, 0.15) is 19.0 Å². The Labute approximate surface area is 106 Å². The van der Waals surface area contributed by atoms with Crippen molar-refractivity contribution in [3.05, 3.63) is 41.9 Å². The Morgan fingerprint density at radius 3 is 2.38 bits per heavy atom. The van der Waals surface area contributed by atoms with Crippen molar-refractivity contribution < 1.29 is 9.57 Å². The molecular weight excluding hydrogens is 270 g/mol. The summed E-state index contributed by atoms with van der Waals surface area (Å²) in [5, 5.41) is 0. The van der Waals surface area contributed by atoms with E-state index in [4.69, 9.17) is 10.6 Å². The molecule has 0 spiro atoms. The van der Waals surface area contributed by atoms with Crippen LogP contribution in [0.5, 0.6) is 5.75 Å². The van der Waals surface area contributed by atoms with Crippen LogP contribution in [0.3, 0.4) is 0 Å². The van der Waals surface area contributed by atoms with Gasteiger partial charge in [0.05, 0.1) is 0 Å². The molecule has 2 N–H and O–H groups in total. The van der Waals surface area contributed by atoms with Crippen molar-refractivity contribution in [2.75, 3.05) is 13.2 Å². The van der Waals surface area contributed by atoms with Crippen LogP contribution in [0.2, 0.25) is 0 Å². The topological polar surface area (TPSA) is 44.5 Å². The Balaban J connectivity index is 0. The van der Waals surface area contributed by atoms with E-state index in [2.05, 4.69) is 33.9 Å². The van der Waals surface area contributed by atoms with E-state index in [9.17, 15) is 0 Å². The summed E-state index contributed by atoms with van der Waals surface area (Å²) >= 11 is 3.34. The second kappa shape index (κ2) is 14.2. The first-order valence-electron chi connectivity index (χ1n) is 5.03. The number of ether oxygens (including phenoxy) is 1. The maximum absolute atomic E-state index is 5.29. The fourth-order valence-corrected chi connectivity index (χ4v) is 1.14. The highest BCUT2D eigenvalue weighted by Gasteiger charge is 1.93. The molecular formula is C12H20BrNO2. The third kappa shape index (κ3) is 9.71. The molecule has 0 unspecified atom stereocenters. The first-order valence-corrected chi connectivity index (χ1v) is 5.82. The molecule has 0 bridgehead atoms. The molecule has 0 aliphatic heterocycles. The zero-order chi connectivity index (χ0) is 12.8. The molecule has 0 aliphatic rings. The Bertz CT molecular complexity index is 257. The first kappa shape index (κ1) is 17.6. The van der Waals surface area contributed by atoms with Crippen molar-refractivity contribution in [2.45, 2.75) is 13.8 Å². The molecule has 0 fully saturated rings. The molecule has 0 aromatic heterocycles. The third-order valence-corrected chi connectivity index (χ3v) is 1.76. The van der Waals surface area contributed by atoms with Crippen LogP contribution in [0.1, 0.15) is 13.8 Å². The van der Waals surface area contributed by atoms with E-state index in [-0.39, 0.29) is 0 Å². The molecule has 0 atom stereocenters. The van der Waals surface area contributed by atoms with E-state index in [1.54, 1.807) is 0 Å². The van der Waals surface area contributed by atoms with Gasteiger partial charge in [0, 0.05) is 4.47 Å². The number of benzene rings is 1. The number of halogens is 1. The van der Waals surface area contributed by atoms with Gasteiger partial charge < -0.3 is 9.57 Å². The van der Waals surface area contributed by atoms with Crippen molar-refractivity contribution in [3.63, 3.8) is 0 Å². The van der Waals surface area contributed by atoms with Gasteiger partial charge in [0.25, 0.3) is 0 Å². The van der Waals surface area contributed by atoms with Gasteiger partial charge in [-0.1, -0.05) is 35.8 Å². The lowest BCUT2D eigenvalue weighted by Crippen LogP contribution is -2.09. The average molecular weight is 290 g/mol. The van der Waals surface area contributed by atoms with Crippen molar-refractivity contribution in [3.8, 4) is 5.75 Å². The van der Waals surface area contributed by atoms with E-state index in [1.807, 2.05) is 38.1 Å². The zero-order valence-electron chi connectivity index (χ0n) is 9.91. The molecule has 0 heterocycles. The Kier molecular flexibility index (Phi) is 15.5. The minimum absolute atomic E-state index is 0.395. The highest BCUT2D eigenvalue weighted by atomic mass is 79.9. The summed E-state index contributed by atoms with van der Waals surface area (Å²) in [4.78, 5) is 4.36. The molecule has 16 heavy (non-hydrogen) atoms. The van der Waals surface area contributed by atoms with Crippen molar-refractivity contribution >= 4 is 15.9 Å². The molecule has 1 rings (SSSR count). The van der Waals surface area contributed by atoms with Crippen LogP contribution in [0.15, 0.2) is 41.9 Å². The average Bonchev–Trinajstić information content (AvgIpc) is 2.35. The second-order valence-corrected chi connectivity index (χ2v) is 3.09. The van der Waals surface area contributed by atoms with Gasteiger partial charge in [-0.2, -0.15) is 0 Å². The summed E-state index contributed by atoms with van der Waals surface area (Å²) in [6, 6.07) is 7.60. The second-order valence-electron chi connectivity index (χ2n) is 2.18. The molecule has 1 aromatic rings. The van der Waals surface area contributed by atoms with Gasteiger partial charge in [0.15, 0.2) is 0 Å². The van der Waals surface area contributed by atoms with E-state index >= 15 is 0 Å². The molecule has 0 amide bonds. The van der Waals surface area contributed by atoms with E-state index < -0.39 is 0 Å². The smallest absolute Gasteiger partial charge is 0.120 e. The predicted molar refractivity (Wildman–Crippen MR) is 72.4 cm³/mol. The number of hydrogen-bond donors (Lipinski definition) is 1. The highest BCUT2D eigenvalue weighted by molar-refractivity contribution is 9.10. The SMILES string of the molecule is C=C.CC.NOCCOc1cccc(Br)c1. The lowest BCUT2D eigenvalue weighted by atomic mass is 10.3. The van der Waals surface area contributed by atoms with Crippen LogP contribution in [-0.2, 0) is 4.84 Å². The van der Waals surface area contributed by atoms with Crippen LogP contribution in [0.25, 0.3) is 0 Å². The van der Waals surface area contributed by atoms with E-state index in [1.165, 1.54) is 0 Å². The lowest BCUT2D eigenvalue weighted by molar-refractivity contribution is 0.102. The van der Waals surface area contributed by atoms with Crippen LogP contribution in [-0.4, -0.2) is 13.2 Å². The van der Waals surface area contributed by atoms with Gasteiger partial charge in [-0.3, -0.25) is 0 Å². The van der Waals surface area contributed by atoms with Crippen LogP contribution >= 0.6 is 15.9 Å². The molecule has 3 nitrogen and oxygen atoms in total. The number of nitrogens with two attached hydrogens (primary N) is 1. The number of hydrogen-bond acceptors (Lipinski definition) is 3. The van der Waals surface area contributed by atoms with Gasteiger partial charge >= 0.3 is 0 Å². The summed E-state index contributed by atoms with van der Waals surface area (Å²) in [5.74, 6) is 5.64. The largest absolute Gasteiger partial charge is 0.491 e. The van der Waals surface area contributed by atoms with Crippen molar-refractivity contribution in [1.29, 1.82) is 0 Å². The summed E-state index contributed by atoms with van der Waals surface area (Å²) < 4.78 is 6.29. The molecule has 0 saturated carbocycles. The fraction of sp³-hybridized carbons (Fsp3) is 0.333. The van der Waals surface area contributed by atoms with Crippen LogP contribution in [0.4, 0.5) is 0 Å². The number of rotatable bonds is 4. The summed E-state index contributed by atoms with van der Waals surface area (Å²) in [6.45, 7) is 10.9. The molecule has 0 radical (unpaired) electrons. The van der Waals surface area contributed by atoms with E-state index in [0.29, 0.717) is 13.2 Å². The standard InChI is InChI=1S/C8H10BrNO2.C2H6.C2H4/c9-7-2-1-3-8(6-7)11-4-5-12-10;2*1-2/h1-3,6H,4-5,10H2;1-2H3;1-2H2. The maximum Gasteiger partial charge on any atom is 0.120 e. The quantitative estimate of drug-likeness (QED) is 0.524. The summed E-state index contributed by atoms with van der Waals surface area (Å²) in [5.41, 5.74) is 0. The van der Waals surface area contributed by atoms with Gasteiger partial charge in [0.2, 0.25) is 0 Å². The normalized spacial score (nSPS) is 8.00. The summed E-state index contributed by atoms with van der Waals surface area (Å²) in [7, 11) is 0. The monoisotopic (exact) mass is 289 g/mol. The minimum Gasteiger partial charge on any atom is -0.491 e. The lowest BCUT2D eigenvalue weighted by Gasteiger charge is -2.04. The Morgan fingerprint density at radius 1 is 1.25 bits per heavy atom. The van der Waals surface area contributed by atoms with Gasteiger partial charge in [-0.15, -0.1) is 13.2 Å². The summed E-state index contributed by atoms with van der Waals surface area (Å²) in [6.07, 6.45) is 0.